The molecule has 2 aromatic carbocycles. The molecule has 7 heteroatoms. The number of sulfonamides is 1. The second-order valence-corrected chi connectivity index (χ2v) is 7.11. The third-order valence-corrected chi connectivity index (χ3v) is 4.85. The van der Waals surface area contributed by atoms with Gasteiger partial charge in [-0.1, -0.05) is 18.2 Å². The van der Waals surface area contributed by atoms with E-state index in [1.807, 2.05) is 0 Å². The quantitative estimate of drug-likeness (QED) is 0.879. The molecule has 0 spiro atoms. The van der Waals surface area contributed by atoms with Gasteiger partial charge in [0.05, 0.1) is 4.90 Å². The molecule has 0 heterocycles. The standard InChI is InChI=1S/C16H18F2N2O2S/c1-20(2)16(12-5-3-6-13(17)9-12)11-19-23(21,22)15-8-4-7-14(18)10-15/h3-10,16,19H,11H2,1-2H3/t16-/m0/s1. The van der Waals surface area contributed by atoms with Crippen molar-refractivity contribution in [2.45, 2.75) is 10.9 Å². The molecule has 0 unspecified atom stereocenters. The molecular weight excluding hydrogens is 322 g/mol. The van der Waals surface area contributed by atoms with E-state index in [2.05, 4.69) is 4.72 Å². The number of rotatable bonds is 6. The molecule has 0 aromatic heterocycles. The van der Waals surface area contributed by atoms with Gasteiger partial charge in [-0.05, 0) is 50.0 Å². The molecule has 0 aliphatic carbocycles. The summed E-state index contributed by atoms with van der Waals surface area (Å²) >= 11 is 0. The first-order valence-electron chi connectivity index (χ1n) is 6.97. The highest BCUT2D eigenvalue weighted by molar-refractivity contribution is 7.89. The lowest BCUT2D eigenvalue weighted by Crippen LogP contribution is -2.34. The first-order valence-corrected chi connectivity index (χ1v) is 8.45. The maximum atomic E-state index is 13.4. The Balaban J connectivity index is 2.19. The lowest BCUT2D eigenvalue weighted by Gasteiger charge is -2.25. The molecular formula is C16H18F2N2O2S. The molecule has 1 N–H and O–H groups in total. The van der Waals surface area contributed by atoms with E-state index >= 15 is 0 Å². The van der Waals surface area contributed by atoms with Crippen LogP contribution in [0.4, 0.5) is 8.78 Å². The lowest BCUT2D eigenvalue weighted by molar-refractivity contribution is 0.299. The molecule has 0 aliphatic rings. The van der Waals surface area contributed by atoms with Gasteiger partial charge in [0.1, 0.15) is 11.6 Å². The fraction of sp³-hybridized carbons (Fsp3) is 0.250. The number of benzene rings is 2. The maximum Gasteiger partial charge on any atom is 0.240 e. The van der Waals surface area contributed by atoms with Crippen molar-refractivity contribution in [1.82, 2.24) is 9.62 Å². The van der Waals surface area contributed by atoms with E-state index < -0.39 is 15.8 Å². The predicted octanol–water partition coefficient (Wildman–Crippen LogP) is 2.55. The average Bonchev–Trinajstić information content (AvgIpc) is 2.47. The number of halogens is 2. The Morgan fingerprint density at radius 1 is 1.04 bits per heavy atom. The van der Waals surface area contributed by atoms with Crippen LogP contribution in [0.5, 0.6) is 0 Å². The molecule has 1 atom stereocenters. The second-order valence-electron chi connectivity index (χ2n) is 5.34. The van der Waals surface area contributed by atoms with Crippen LogP contribution in [-0.2, 0) is 10.0 Å². The van der Waals surface area contributed by atoms with Gasteiger partial charge in [-0.15, -0.1) is 0 Å². The average molecular weight is 340 g/mol. The molecule has 2 rings (SSSR count). The summed E-state index contributed by atoms with van der Waals surface area (Å²) in [7, 11) is -0.300. The van der Waals surface area contributed by atoms with Crippen molar-refractivity contribution in [3.63, 3.8) is 0 Å². The zero-order valence-electron chi connectivity index (χ0n) is 12.8. The lowest BCUT2D eigenvalue weighted by atomic mass is 10.1. The predicted molar refractivity (Wildman–Crippen MR) is 84.4 cm³/mol. The number of hydrogen-bond acceptors (Lipinski definition) is 3. The molecule has 0 aliphatic heterocycles. The Morgan fingerprint density at radius 2 is 1.65 bits per heavy atom. The van der Waals surface area contributed by atoms with Gasteiger partial charge in [-0.3, -0.25) is 0 Å². The van der Waals surface area contributed by atoms with Crippen LogP contribution in [0.25, 0.3) is 0 Å². The van der Waals surface area contributed by atoms with Crippen LogP contribution in [0.2, 0.25) is 0 Å². The van der Waals surface area contributed by atoms with E-state index in [4.69, 9.17) is 0 Å². The summed E-state index contributed by atoms with van der Waals surface area (Å²) in [5, 5.41) is 0. The SMILES string of the molecule is CN(C)[C@@H](CNS(=O)(=O)c1cccc(F)c1)c1cccc(F)c1. The minimum absolute atomic E-state index is 0.0370. The van der Waals surface area contributed by atoms with Gasteiger partial charge in [0.15, 0.2) is 0 Å². The van der Waals surface area contributed by atoms with Crippen molar-refractivity contribution in [3.8, 4) is 0 Å². The number of likely N-dealkylation sites (N-methyl/N-ethyl adjacent to an activating group) is 1. The van der Waals surface area contributed by atoms with Gasteiger partial charge in [0.2, 0.25) is 10.0 Å². The molecule has 2 aromatic rings. The monoisotopic (exact) mass is 340 g/mol. The molecule has 0 bridgehead atoms. The fourth-order valence-corrected chi connectivity index (χ4v) is 3.29. The third-order valence-electron chi connectivity index (χ3n) is 3.43. The maximum absolute atomic E-state index is 13.4. The highest BCUT2D eigenvalue weighted by Crippen LogP contribution is 2.19. The number of nitrogens with zero attached hydrogens (tertiary/aromatic N) is 1. The summed E-state index contributed by atoms with van der Waals surface area (Å²) in [6, 6.07) is 10.4. The third kappa shape index (κ3) is 4.57. The fourth-order valence-electron chi connectivity index (χ4n) is 2.22. The molecule has 124 valence electrons. The van der Waals surface area contributed by atoms with Crippen molar-refractivity contribution in [1.29, 1.82) is 0 Å². The Morgan fingerprint density at radius 3 is 2.22 bits per heavy atom. The van der Waals surface area contributed by atoms with Gasteiger partial charge in [-0.25, -0.2) is 21.9 Å². The van der Waals surface area contributed by atoms with Crippen LogP contribution in [-0.4, -0.2) is 34.0 Å². The Hall–Kier alpha value is -1.83. The molecule has 0 saturated carbocycles. The molecule has 0 amide bonds. The summed E-state index contributed by atoms with van der Waals surface area (Å²) in [4.78, 5) is 1.64. The van der Waals surface area contributed by atoms with Crippen LogP contribution in [0.1, 0.15) is 11.6 Å². The van der Waals surface area contributed by atoms with E-state index in [9.17, 15) is 17.2 Å². The van der Waals surface area contributed by atoms with E-state index in [0.717, 1.165) is 6.07 Å². The van der Waals surface area contributed by atoms with Crippen LogP contribution in [0.15, 0.2) is 53.4 Å². The Bertz CT molecular complexity index is 779. The topological polar surface area (TPSA) is 49.4 Å². The van der Waals surface area contributed by atoms with Crippen molar-refractivity contribution in [2.24, 2.45) is 0 Å². The van der Waals surface area contributed by atoms with Crippen LogP contribution in [0.3, 0.4) is 0 Å². The number of nitrogens with one attached hydrogen (secondary N) is 1. The van der Waals surface area contributed by atoms with Gasteiger partial charge < -0.3 is 4.90 Å². The Labute approximate surface area is 134 Å². The molecule has 0 radical (unpaired) electrons. The molecule has 4 nitrogen and oxygen atoms in total. The van der Waals surface area contributed by atoms with Crippen LogP contribution < -0.4 is 4.72 Å². The first kappa shape index (κ1) is 17.5. The summed E-state index contributed by atoms with van der Waals surface area (Å²) in [6.45, 7) is 0.0370. The molecule has 0 saturated heterocycles. The number of hydrogen-bond donors (Lipinski definition) is 1. The van der Waals surface area contributed by atoms with Crippen molar-refractivity contribution >= 4 is 10.0 Å². The highest BCUT2D eigenvalue weighted by atomic mass is 32.2. The zero-order chi connectivity index (χ0) is 17.0. The zero-order valence-corrected chi connectivity index (χ0v) is 13.6. The second kappa shape index (κ2) is 7.16. The van der Waals surface area contributed by atoms with E-state index in [0.29, 0.717) is 5.56 Å². The minimum atomic E-state index is -3.84. The molecule has 23 heavy (non-hydrogen) atoms. The summed E-state index contributed by atoms with van der Waals surface area (Å²) in [5.74, 6) is -1.01. The minimum Gasteiger partial charge on any atom is -0.301 e. The summed E-state index contributed by atoms with van der Waals surface area (Å²) in [5.41, 5.74) is 0.650. The normalized spacial score (nSPS) is 13.3. The van der Waals surface area contributed by atoms with E-state index in [1.165, 1.54) is 30.3 Å². The smallest absolute Gasteiger partial charge is 0.240 e. The van der Waals surface area contributed by atoms with Crippen LogP contribution >= 0.6 is 0 Å². The highest BCUT2D eigenvalue weighted by Gasteiger charge is 2.20. The van der Waals surface area contributed by atoms with E-state index in [-0.39, 0.29) is 23.3 Å². The van der Waals surface area contributed by atoms with Gasteiger partial charge in [0, 0.05) is 12.6 Å². The summed E-state index contributed by atoms with van der Waals surface area (Å²) in [6.07, 6.45) is 0. The van der Waals surface area contributed by atoms with Gasteiger partial charge >= 0.3 is 0 Å². The van der Waals surface area contributed by atoms with Gasteiger partial charge in [-0.2, -0.15) is 0 Å². The first-order chi connectivity index (χ1) is 10.8. The Kier molecular flexibility index (Phi) is 5.46. The van der Waals surface area contributed by atoms with Crippen LogP contribution in [0, 0.1) is 11.6 Å². The van der Waals surface area contributed by atoms with E-state index in [1.54, 1.807) is 31.1 Å². The largest absolute Gasteiger partial charge is 0.301 e. The van der Waals surface area contributed by atoms with Crippen molar-refractivity contribution in [3.05, 3.63) is 65.7 Å². The van der Waals surface area contributed by atoms with Crippen molar-refractivity contribution in [2.75, 3.05) is 20.6 Å². The van der Waals surface area contributed by atoms with Gasteiger partial charge in [0.25, 0.3) is 0 Å². The van der Waals surface area contributed by atoms with Crippen molar-refractivity contribution < 1.29 is 17.2 Å². The summed E-state index contributed by atoms with van der Waals surface area (Å²) < 4.78 is 53.5. The molecule has 0 fully saturated rings.